The van der Waals surface area contributed by atoms with Gasteiger partial charge in [-0.05, 0) is 36.4 Å². The number of carbonyl (C=O) groups is 1. The summed E-state index contributed by atoms with van der Waals surface area (Å²) in [4.78, 5) is 10.4. The molecule has 0 saturated carbocycles. The molecule has 0 saturated heterocycles. The first kappa shape index (κ1) is 18.8. The van der Waals surface area contributed by atoms with Crippen LogP contribution in [0.5, 0.6) is 0 Å². The zero-order chi connectivity index (χ0) is 13.9. The first-order valence-corrected chi connectivity index (χ1v) is 6.68. The molecule has 0 bridgehead atoms. The Morgan fingerprint density at radius 1 is 1.10 bits per heavy atom. The fourth-order valence-electron chi connectivity index (χ4n) is 1.57. The monoisotopic (exact) mass is 332 g/mol. The molecule has 2 nitrogen and oxygen atoms in total. The van der Waals surface area contributed by atoms with Gasteiger partial charge in [0, 0.05) is 6.42 Å². The van der Waals surface area contributed by atoms with E-state index in [-0.39, 0.29) is 28.1 Å². The minimum absolute atomic E-state index is 0. The molecule has 0 N–H and O–H groups in total. The zero-order valence-corrected chi connectivity index (χ0v) is 12.9. The topological polar surface area (TPSA) is 40.1 Å². The molecule has 0 aromatic heterocycles. The van der Waals surface area contributed by atoms with Crippen molar-refractivity contribution in [3.8, 4) is 0 Å². The maximum Gasteiger partial charge on any atom is 2.00 e. The van der Waals surface area contributed by atoms with Crippen LogP contribution in [-0.4, -0.2) is 5.24 Å². The summed E-state index contributed by atoms with van der Waals surface area (Å²) in [6.45, 7) is 0. The molecule has 0 spiro atoms. The Bertz CT molecular complexity index is 428. The quantitative estimate of drug-likeness (QED) is 0.272. The van der Waals surface area contributed by atoms with Crippen LogP contribution in [0.25, 0.3) is 0 Å². The summed E-state index contributed by atoms with van der Waals surface area (Å²) in [7, 11) is 0. The van der Waals surface area contributed by atoms with Crippen molar-refractivity contribution in [2.24, 2.45) is 0 Å². The van der Waals surface area contributed by atoms with Gasteiger partial charge in [0.25, 0.3) is 0 Å². The van der Waals surface area contributed by atoms with Gasteiger partial charge in [-0.3, -0.25) is 4.79 Å². The first-order chi connectivity index (χ1) is 9.20. The summed E-state index contributed by atoms with van der Waals surface area (Å²) in [5, 5.41) is 11.1. The number of allylic oxidation sites excluding steroid dienone is 6. The van der Waals surface area contributed by atoms with E-state index in [1.165, 1.54) is 0 Å². The molecule has 1 aromatic carbocycles. The van der Waals surface area contributed by atoms with Gasteiger partial charge < -0.3 is 5.11 Å². The SMILES string of the molecule is O=C(Cl)CCCCC([O-])=C1C=CC=C1.[Fe+2].c1cc[cH-]c1. The third-order valence-corrected chi connectivity index (χ3v) is 2.76. The summed E-state index contributed by atoms with van der Waals surface area (Å²) >= 11 is 5.17. The van der Waals surface area contributed by atoms with Gasteiger partial charge in [-0.2, -0.15) is 18.2 Å². The Kier molecular flexibility index (Phi) is 11.0. The van der Waals surface area contributed by atoms with Crippen molar-refractivity contribution in [1.82, 2.24) is 0 Å². The fraction of sp³-hybridized carbons (Fsp3) is 0.250. The van der Waals surface area contributed by atoms with Crippen LogP contribution in [0, 0.1) is 0 Å². The number of unbranched alkanes of at least 4 members (excludes halogenated alkanes) is 1. The van der Waals surface area contributed by atoms with Gasteiger partial charge in [0.15, 0.2) is 0 Å². The molecular weight excluding hydrogens is 315 g/mol. The summed E-state index contributed by atoms with van der Waals surface area (Å²) in [6, 6.07) is 10.0. The van der Waals surface area contributed by atoms with Crippen LogP contribution >= 0.6 is 11.6 Å². The van der Waals surface area contributed by atoms with Crippen LogP contribution in [0.15, 0.2) is 66.0 Å². The zero-order valence-electron chi connectivity index (χ0n) is 11.1. The van der Waals surface area contributed by atoms with Crippen molar-refractivity contribution in [1.29, 1.82) is 0 Å². The second-order valence-electron chi connectivity index (χ2n) is 4.12. The molecule has 0 aliphatic heterocycles. The summed E-state index contributed by atoms with van der Waals surface area (Å²) < 4.78 is 0. The van der Waals surface area contributed by atoms with Crippen LogP contribution < -0.4 is 5.11 Å². The molecule has 4 heteroatoms. The Morgan fingerprint density at radius 3 is 2.10 bits per heavy atom. The van der Waals surface area contributed by atoms with Gasteiger partial charge >= 0.3 is 17.1 Å². The van der Waals surface area contributed by atoms with E-state index in [0.29, 0.717) is 19.3 Å². The largest absolute Gasteiger partial charge is 2.00 e. The van der Waals surface area contributed by atoms with Crippen molar-refractivity contribution >= 4 is 16.8 Å². The molecule has 1 aliphatic carbocycles. The molecule has 0 atom stereocenters. The fourth-order valence-corrected chi connectivity index (χ4v) is 1.71. The summed E-state index contributed by atoms with van der Waals surface area (Å²) in [6.07, 6.45) is 9.55. The molecule has 0 heterocycles. The molecule has 0 amide bonds. The van der Waals surface area contributed by atoms with E-state index in [9.17, 15) is 9.90 Å². The van der Waals surface area contributed by atoms with Crippen LogP contribution in [0.4, 0.5) is 0 Å². The predicted molar refractivity (Wildman–Crippen MR) is 76.7 cm³/mol. The molecule has 0 fully saturated rings. The van der Waals surface area contributed by atoms with E-state index in [4.69, 9.17) is 11.6 Å². The van der Waals surface area contributed by atoms with Crippen LogP contribution in [0.2, 0.25) is 0 Å². The minimum atomic E-state index is -0.328. The second-order valence-corrected chi connectivity index (χ2v) is 4.54. The summed E-state index contributed by atoms with van der Waals surface area (Å²) in [5.74, 6) is 0.136. The molecule has 20 heavy (non-hydrogen) atoms. The van der Waals surface area contributed by atoms with Gasteiger partial charge in [0.1, 0.15) is 0 Å². The van der Waals surface area contributed by atoms with E-state index in [1.54, 1.807) is 12.2 Å². The van der Waals surface area contributed by atoms with Gasteiger partial charge in [0.2, 0.25) is 5.24 Å². The average Bonchev–Trinajstić information content (AvgIpc) is 3.07. The summed E-state index contributed by atoms with van der Waals surface area (Å²) in [5.41, 5.74) is 0.752. The molecule has 0 radical (unpaired) electrons. The molecule has 108 valence electrons. The van der Waals surface area contributed by atoms with Gasteiger partial charge in [-0.1, -0.05) is 24.3 Å². The predicted octanol–water partition coefficient (Wildman–Crippen LogP) is 3.46. The maximum absolute atomic E-state index is 11.4. The second kappa shape index (κ2) is 11.7. The Morgan fingerprint density at radius 2 is 1.65 bits per heavy atom. The Labute approximate surface area is 135 Å². The molecule has 2 rings (SSSR count). The van der Waals surface area contributed by atoms with Gasteiger partial charge in [-0.15, -0.1) is 5.76 Å². The normalized spacial score (nSPS) is 11.6. The number of halogens is 1. The number of carbonyl (C=O) groups excluding carboxylic acids is 1. The smallest absolute Gasteiger partial charge is 0.875 e. The van der Waals surface area contributed by atoms with Crippen LogP contribution in [-0.2, 0) is 21.9 Å². The van der Waals surface area contributed by atoms with Crippen molar-refractivity contribution in [3.05, 3.63) is 66.0 Å². The van der Waals surface area contributed by atoms with Gasteiger partial charge in [-0.25, -0.2) is 12.1 Å². The van der Waals surface area contributed by atoms with Gasteiger partial charge in [0.05, 0.1) is 0 Å². The van der Waals surface area contributed by atoms with E-state index >= 15 is 0 Å². The Hall–Kier alpha value is -1.15. The van der Waals surface area contributed by atoms with E-state index in [0.717, 1.165) is 12.0 Å². The number of rotatable bonds is 5. The van der Waals surface area contributed by atoms with Crippen molar-refractivity contribution < 1.29 is 27.0 Å². The first-order valence-electron chi connectivity index (χ1n) is 6.30. The van der Waals surface area contributed by atoms with Crippen molar-refractivity contribution in [2.75, 3.05) is 0 Å². The third kappa shape index (κ3) is 8.87. The Balaban J connectivity index is 0.000000507. The van der Waals surface area contributed by atoms with E-state index in [1.807, 2.05) is 42.5 Å². The number of hydrogen-bond acceptors (Lipinski definition) is 2. The molecule has 0 unspecified atom stereocenters. The number of hydrogen-bond donors (Lipinski definition) is 0. The molecule has 1 aliphatic rings. The third-order valence-electron chi connectivity index (χ3n) is 2.57. The maximum atomic E-state index is 11.4. The van der Waals surface area contributed by atoms with Crippen LogP contribution in [0.1, 0.15) is 25.7 Å². The standard InChI is InChI=1S/C11H13ClO2.C5H5.Fe/c12-11(14)8-4-3-7-10(13)9-5-1-2-6-9;1-2-4-5-3-1;/h1-2,5-6,13H,3-4,7-8H2;1-5H;/q;-1;+2/p-1. The molecule has 1 aromatic rings. The van der Waals surface area contributed by atoms with Crippen molar-refractivity contribution in [3.63, 3.8) is 0 Å². The van der Waals surface area contributed by atoms with Crippen LogP contribution in [0.3, 0.4) is 0 Å². The molecular formula is C16H17ClFeO2. The van der Waals surface area contributed by atoms with E-state index in [2.05, 4.69) is 0 Å². The van der Waals surface area contributed by atoms with E-state index < -0.39 is 0 Å². The van der Waals surface area contributed by atoms with Crippen molar-refractivity contribution in [2.45, 2.75) is 25.7 Å². The minimum Gasteiger partial charge on any atom is -0.875 e. The average molecular weight is 333 g/mol.